The van der Waals surface area contributed by atoms with Crippen LogP contribution in [0.3, 0.4) is 0 Å². The molecule has 0 aromatic carbocycles. The van der Waals surface area contributed by atoms with Crippen molar-refractivity contribution in [1.29, 1.82) is 0 Å². The average Bonchev–Trinajstić information content (AvgIpc) is 2.37. The molecule has 0 saturated heterocycles. The summed E-state index contributed by atoms with van der Waals surface area (Å²) in [5.74, 6) is 0. The van der Waals surface area contributed by atoms with Gasteiger partial charge in [-0.25, -0.2) is 0 Å². The molecule has 1 heterocycles. The summed E-state index contributed by atoms with van der Waals surface area (Å²) in [5, 5.41) is 35.1. The van der Waals surface area contributed by atoms with E-state index in [1.807, 2.05) is 6.92 Å². The summed E-state index contributed by atoms with van der Waals surface area (Å²) in [6.45, 7) is 8.40. The zero-order valence-electron chi connectivity index (χ0n) is 10.4. The smallest absolute Gasteiger partial charge is 0.290 e. The van der Waals surface area contributed by atoms with E-state index in [4.69, 9.17) is 5.21 Å². The standard InChI is InChI=1S/C10H19N3O3/c1-6-8-9(3,4)13(16)10(5,12(8)15)7(2)11-14/h14,16H,6H2,1-5H3/b11-7+/t10-/m1/s1. The van der Waals surface area contributed by atoms with E-state index in [2.05, 4.69) is 5.16 Å². The molecule has 0 aliphatic carbocycles. The summed E-state index contributed by atoms with van der Waals surface area (Å²) in [6.07, 6.45) is 0.530. The Kier molecular flexibility index (Phi) is 3.00. The molecule has 6 heteroatoms. The van der Waals surface area contributed by atoms with Gasteiger partial charge in [-0.2, -0.15) is 4.74 Å². The van der Waals surface area contributed by atoms with Gasteiger partial charge in [0.15, 0.2) is 5.71 Å². The Morgan fingerprint density at radius 3 is 2.31 bits per heavy atom. The number of oxime groups is 1. The molecule has 1 aliphatic rings. The molecule has 0 radical (unpaired) electrons. The minimum atomic E-state index is -1.34. The predicted octanol–water partition coefficient (Wildman–Crippen LogP) is 1.40. The Balaban J connectivity index is 3.42. The monoisotopic (exact) mass is 229 g/mol. The van der Waals surface area contributed by atoms with E-state index >= 15 is 0 Å². The first-order chi connectivity index (χ1) is 7.24. The Labute approximate surface area is 95.0 Å². The van der Waals surface area contributed by atoms with Crippen LogP contribution in [0.4, 0.5) is 0 Å². The zero-order chi connectivity index (χ0) is 12.7. The molecule has 0 unspecified atom stereocenters. The van der Waals surface area contributed by atoms with Crippen molar-refractivity contribution in [3.8, 4) is 0 Å². The van der Waals surface area contributed by atoms with Gasteiger partial charge in [0.1, 0.15) is 11.3 Å². The van der Waals surface area contributed by atoms with Crippen molar-refractivity contribution in [1.82, 2.24) is 5.06 Å². The second-order valence-corrected chi connectivity index (χ2v) is 4.67. The molecule has 2 N–H and O–H groups in total. The number of hydrogen-bond donors (Lipinski definition) is 2. The van der Waals surface area contributed by atoms with Gasteiger partial charge in [0.25, 0.3) is 5.66 Å². The lowest BCUT2D eigenvalue weighted by Crippen LogP contribution is -2.57. The first kappa shape index (κ1) is 12.9. The third-order valence-corrected chi connectivity index (χ3v) is 3.46. The van der Waals surface area contributed by atoms with E-state index in [-0.39, 0.29) is 5.71 Å². The first-order valence-electron chi connectivity index (χ1n) is 5.26. The summed E-state index contributed by atoms with van der Waals surface area (Å²) in [7, 11) is 0. The van der Waals surface area contributed by atoms with Gasteiger partial charge >= 0.3 is 0 Å². The van der Waals surface area contributed by atoms with Crippen molar-refractivity contribution >= 4 is 11.4 Å². The molecule has 1 aliphatic heterocycles. The highest BCUT2D eigenvalue weighted by Crippen LogP contribution is 2.34. The van der Waals surface area contributed by atoms with Crippen LogP contribution in [-0.4, -0.2) is 42.8 Å². The SMILES string of the molecule is CCC1=[N+]([O-])[C@@](C)(/C(C)=N/O)N(O)C1(C)C. The third kappa shape index (κ3) is 1.33. The fourth-order valence-electron chi connectivity index (χ4n) is 2.23. The summed E-state index contributed by atoms with van der Waals surface area (Å²) >= 11 is 0. The second kappa shape index (κ2) is 3.71. The van der Waals surface area contributed by atoms with Crippen LogP contribution < -0.4 is 0 Å². The van der Waals surface area contributed by atoms with Crippen molar-refractivity contribution in [2.75, 3.05) is 0 Å². The Bertz CT molecular complexity index is 362. The van der Waals surface area contributed by atoms with Crippen LogP contribution in [0.25, 0.3) is 0 Å². The molecule has 0 fully saturated rings. The maximum atomic E-state index is 12.2. The first-order valence-corrected chi connectivity index (χ1v) is 5.26. The maximum absolute atomic E-state index is 12.2. The van der Waals surface area contributed by atoms with Crippen molar-refractivity contribution < 1.29 is 15.2 Å². The van der Waals surface area contributed by atoms with Gasteiger partial charge in [-0.05, 0) is 20.8 Å². The predicted molar refractivity (Wildman–Crippen MR) is 59.9 cm³/mol. The van der Waals surface area contributed by atoms with Crippen molar-refractivity contribution in [3.05, 3.63) is 5.21 Å². The van der Waals surface area contributed by atoms with Crippen molar-refractivity contribution in [2.45, 2.75) is 52.2 Å². The van der Waals surface area contributed by atoms with Crippen LogP contribution in [-0.2, 0) is 0 Å². The normalized spacial score (nSPS) is 31.2. The number of hydrogen-bond acceptors (Lipinski definition) is 5. The van der Waals surface area contributed by atoms with Crippen LogP contribution in [0.15, 0.2) is 5.16 Å². The molecule has 6 nitrogen and oxygen atoms in total. The average molecular weight is 229 g/mol. The number of nitrogens with zero attached hydrogens (tertiary/aromatic N) is 3. The van der Waals surface area contributed by atoms with Crippen LogP contribution in [0.5, 0.6) is 0 Å². The third-order valence-electron chi connectivity index (χ3n) is 3.46. The van der Waals surface area contributed by atoms with Crippen LogP contribution in [0.2, 0.25) is 0 Å². The highest BCUT2D eigenvalue weighted by atomic mass is 16.6. The second-order valence-electron chi connectivity index (χ2n) is 4.67. The van der Waals surface area contributed by atoms with Gasteiger partial charge in [0, 0.05) is 13.3 Å². The molecule has 92 valence electrons. The summed E-state index contributed by atoms with van der Waals surface area (Å²) in [4.78, 5) is 0. The minimum absolute atomic E-state index is 0.154. The highest BCUT2D eigenvalue weighted by Gasteiger charge is 2.60. The van der Waals surface area contributed by atoms with Crippen LogP contribution >= 0.6 is 0 Å². The fraction of sp³-hybridized carbons (Fsp3) is 0.800. The van der Waals surface area contributed by atoms with Crippen LogP contribution in [0.1, 0.15) is 41.0 Å². The lowest BCUT2D eigenvalue weighted by atomic mass is 9.96. The fourth-order valence-corrected chi connectivity index (χ4v) is 2.23. The molecule has 0 bridgehead atoms. The van der Waals surface area contributed by atoms with E-state index in [0.29, 0.717) is 12.1 Å². The maximum Gasteiger partial charge on any atom is 0.290 e. The van der Waals surface area contributed by atoms with Gasteiger partial charge in [-0.1, -0.05) is 12.1 Å². The lowest BCUT2D eigenvalue weighted by molar-refractivity contribution is -0.561. The molecular weight excluding hydrogens is 210 g/mol. The summed E-state index contributed by atoms with van der Waals surface area (Å²) in [6, 6.07) is 0. The van der Waals surface area contributed by atoms with Gasteiger partial charge in [-0.3, -0.25) is 0 Å². The molecule has 0 saturated carbocycles. The van der Waals surface area contributed by atoms with Crippen molar-refractivity contribution in [2.24, 2.45) is 5.16 Å². The molecule has 16 heavy (non-hydrogen) atoms. The van der Waals surface area contributed by atoms with E-state index in [0.717, 1.165) is 9.80 Å². The topological polar surface area (TPSA) is 82.1 Å². The van der Waals surface area contributed by atoms with Gasteiger partial charge in [-0.15, -0.1) is 5.06 Å². The highest BCUT2D eigenvalue weighted by molar-refractivity contribution is 5.96. The van der Waals surface area contributed by atoms with Gasteiger partial charge in [0.2, 0.25) is 0 Å². The molecule has 0 amide bonds. The van der Waals surface area contributed by atoms with Gasteiger partial charge < -0.3 is 15.6 Å². The lowest BCUT2D eigenvalue weighted by Gasteiger charge is -2.32. The quantitative estimate of drug-likeness (QED) is 0.246. The Hall–Kier alpha value is -1.14. The number of hydroxylamine groups is 3. The van der Waals surface area contributed by atoms with E-state index < -0.39 is 11.2 Å². The van der Waals surface area contributed by atoms with Crippen molar-refractivity contribution in [3.63, 3.8) is 0 Å². The molecule has 1 atom stereocenters. The van der Waals surface area contributed by atoms with E-state index in [1.54, 1.807) is 13.8 Å². The molecule has 1 rings (SSSR count). The molecule has 0 aromatic rings. The van der Waals surface area contributed by atoms with E-state index in [9.17, 15) is 10.4 Å². The Morgan fingerprint density at radius 2 is 2.00 bits per heavy atom. The zero-order valence-corrected chi connectivity index (χ0v) is 10.4. The Morgan fingerprint density at radius 1 is 1.50 bits per heavy atom. The van der Waals surface area contributed by atoms with Gasteiger partial charge in [0.05, 0.1) is 0 Å². The van der Waals surface area contributed by atoms with Crippen LogP contribution in [0, 0.1) is 5.21 Å². The summed E-state index contributed by atoms with van der Waals surface area (Å²) < 4.78 is 0.724. The number of rotatable bonds is 2. The molecular formula is C10H19N3O3. The summed E-state index contributed by atoms with van der Waals surface area (Å²) in [5.41, 5.74) is -1.40. The van der Waals surface area contributed by atoms with E-state index in [1.165, 1.54) is 13.8 Å². The minimum Gasteiger partial charge on any atom is -0.622 e. The largest absolute Gasteiger partial charge is 0.622 e. The molecule has 0 aromatic heterocycles. The molecule has 0 spiro atoms.